The molecule has 1 spiro atoms. The van der Waals surface area contributed by atoms with Crippen LogP contribution < -0.4 is 4.74 Å². The zero-order valence-corrected chi connectivity index (χ0v) is 20.0. The van der Waals surface area contributed by atoms with Crippen LogP contribution in [-0.4, -0.2) is 104 Å². The molecule has 2 fully saturated rings. The molecule has 180 valence electrons. The van der Waals surface area contributed by atoms with E-state index in [1.807, 2.05) is 11.0 Å². The SMILES string of the molecule is COc1ccc2c3c(n(C)c2c1)[C@@H](CO)N(C)CC31CCN(C(=O)CN2CCOCC2)CC1. The van der Waals surface area contributed by atoms with Crippen molar-refractivity contribution in [3.8, 4) is 5.75 Å². The van der Waals surface area contributed by atoms with Gasteiger partial charge in [-0.3, -0.25) is 14.6 Å². The first-order valence-electron chi connectivity index (χ1n) is 12.0. The van der Waals surface area contributed by atoms with Crippen LogP contribution in [0.25, 0.3) is 10.9 Å². The summed E-state index contributed by atoms with van der Waals surface area (Å²) >= 11 is 0. The van der Waals surface area contributed by atoms with Gasteiger partial charge in [-0.05, 0) is 37.6 Å². The Balaban J connectivity index is 1.45. The summed E-state index contributed by atoms with van der Waals surface area (Å²) in [5.41, 5.74) is 3.67. The molecule has 3 aliphatic rings. The first-order valence-corrected chi connectivity index (χ1v) is 12.0. The third-order valence-corrected chi connectivity index (χ3v) is 8.09. The third kappa shape index (κ3) is 3.83. The molecule has 2 saturated heterocycles. The number of aliphatic hydroxyl groups is 1. The first-order chi connectivity index (χ1) is 16.0. The average Bonchev–Trinajstić information content (AvgIpc) is 3.13. The third-order valence-electron chi connectivity index (χ3n) is 8.09. The largest absolute Gasteiger partial charge is 0.497 e. The Morgan fingerprint density at radius 3 is 2.58 bits per heavy atom. The summed E-state index contributed by atoms with van der Waals surface area (Å²) in [5.74, 6) is 1.07. The molecule has 1 N–H and O–H groups in total. The molecule has 1 aromatic heterocycles. The molecule has 0 bridgehead atoms. The summed E-state index contributed by atoms with van der Waals surface area (Å²) in [4.78, 5) is 19.6. The monoisotopic (exact) mass is 456 g/mol. The van der Waals surface area contributed by atoms with Crippen molar-refractivity contribution < 1.29 is 19.4 Å². The van der Waals surface area contributed by atoms with E-state index < -0.39 is 0 Å². The van der Waals surface area contributed by atoms with E-state index in [4.69, 9.17) is 9.47 Å². The van der Waals surface area contributed by atoms with Gasteiger partial charge in [0.05, 0.1) is 45.0 Å². The second-order valence-electron chi connectivity index (χ2n) is 9.87. The van der Waals surface area contributed by atoms with Crippen molar-refractivity contribution in [2.24, 2.45) is 7.05 Å². The number of piperidine rings is 1. The maximum absolute atomic E-state index is 13.0. The molecule has 33 heavy (non-hydrogen) atoms. The highest BCUT2D eigenvalue weighted by atomic mass is 16.5. The van der Waals surface area contributed by atoms with Crippen molar-refractivity contribution in [1.29, 1.82) is 0 Å². The van der Waals surface area contributed by atoms with Crippen LogP contribution in [0.4, 0.5) is 0 Å². The van der Waals surface area contributed by atoms with Crippen molar-refractivity contribution in [1.82, 2.24) is 19.3 Å². The molecule has 1 amide bonds. The quantitative estimate of drug-likeness (QED) is 0.749. The second-order valence-corrected chi connectivity index (χ2v) is 9.87. The summed E-state index contributed by atoms with van der Waals surface area (Å²) < 4.78 is 13.1. The predicted molar refractivity (Wildman–Crippen MR) is 127 cm³/mol. The number of ether oxygens (including phenoxy) is 2. The van der Waals surface area contributed by atoms with Crippen molar-refractivity contribution in [3.05, 3.63) is 29.5 Å². The van der Waals surface area contributed by atoms with Gasteiger partial charge in [-0.1, -0.05) is 0 Å². The van der Waals surface area contributed by atoms with Crippen LogP contribution in [-0.2, 0) is 22.0 Å². The van der Waals surface area contributed by atoms with Crippen LogP contribution in [0.3, 0.4) is 0 Å². The molecule has 1 aromatic carbocycles. The Morgan fingerprint density at radius 2 is 1.91 bits per heavy atom. The van der Waals surface area contributed by atoms with E-state index in [0.717, 1.165) is 56.8 Å². The van der Waals surface area contributed by atoms with Crippen LogP contribution >= 0.6 is 0 Å². The number of hydrogen-bond donors (Lipinski definition) is 1. The lowest BCUT2D eigenvalue weighted by atomic mass is 9.68. The lowest BCUT2D eigenvalue weighted by Gasteiger charge is -2.49. The highest BCUT2D eigenvalue weighted by Gasteiger charge is 2.47. The number of morpholine rings is 1. The number of aliphatic hydroxyl groups excluding tert-OH is 1. The van der Waals surface area contributed by atoms with E-state index in [0.29, 0.717) is 19.8 Å². The lowest BCUT2D eigenvalue weighted by Crippen LogP contribution is -2.55. The number of hydrogen-bond acceptors (Lipinski definition) is 6. The number of methoxy groups -OCH3 is 1. The van der Waals surface area contributed by atoms with E-state index in [1.54, 1.807) is 7.11 Å². The number of nitrogens with zero attached hydrogens (tertiary/aromatic N) is 4. The molecule has 0 aliphatic carbocycles. The summed E-state index contributed by atoms with van der Waals surface area (Å²) in [7, 11) is 5.90. The maximum Gasteiger partial charge on any atom is 0.236 e. The van der Waals surface area contributed by atoms with Gasteiger partial charge in [0.1, 0.15) is 5.75 Å². The van der Waals surface area contributed by atoms with Crippen molar-refractivity contribution in [2.45, 2.75) is 24.3 Å². The van der Waals surface area contributed by atoms with Crippen LogP contribution in [0.5, 0.6) is 5.75 Å². The molecule has 5 rings (SSSR count). The van der Waals surface area contributed by atoms with Gasteiger partial charge in [0.2, 0.25) is 5.91 Å². The average molecular weight is 457 g/mol. The van der Waals surface area contributed by atoms with Crippen molar-refractivity contribution in [2.75, 3.05) is 73.2 Å². The van der Waals surface area contributed by atoms with Gasteiger partial charge in [0.25, 0.3) is 0 Å². The van der Waals surface area contributed by atoms with Gasteiger partial charge in [-0.2, -0.15) is 0 Å². The van der Waals surface area contributed by atoms with Crippen LogP contribution in [0.15, 0.2) is 18.2 Å². The van der Waals surface area contributed by atoms with Gasteiger partial charge in [-0.15, -0.1) is 0 Å². The van der Waals surface area contributed by atoms with E-state index in [2.05, 4.69) is 40.6 Å². The maximum atomic E-state index is 13.0. The number of aryl methyl sites for hydroxylation is 1. The zero-order valence-electron chi connectivity index (χ0n) is 20.0. The highest BCUT2D eigenvalue weighted by molar-refractivity contribution is 5.89. The van der Waals surface area contributed by atoms with Crippen LogP contribution in [0.2, 0.25) is 0 Å². The van der Waals surface area contributed by atoms with Gasteiger partial charge < -0.3 is 24.0 Å². The number of aromatic nitrogens is 1. The van der Waals surface area contributed by atoms with Crippen molar-refractivity contribution in [3.63, 3.8) is 0 Å². The molecular weight excluding hydrogens is 420 g/mol. The molecular formula is C25H36N4O4. The minimum Gasteiger partial charge on any atom is -0.497 e. The topological polar surface area (TPSA) is 70.4 Å². The molecule has 3 aliphatic heterocycles. The Labute approximate surface area is 195 Å². The van der Waals surface area contributed by atoms with Gasteiger partial charge in [0, 0.05) is 62.3 Å². The van der Waals surface area contributed by atoms with Crippen LogP contribution in [0, 0.1) is 0 Å². The molecule has 0 saturated carbocycles. The Bertz CT molecular complexity index is 1020. The van der Waals surface area contributed by atoms with E-state index >= 15 is 0 Å². The molecule has 0 radical (unpaired) electrons. The molecule has 1 atom stereocenters. The van der Waals surface area contributed by atoms with E-state index in [-0.39, 0.29) is 24.0 Å². The van der Waals surface area contributed by atoms with Gasteiger partial charge in [0.15, 0.2) is 0 Å². The summed E-state index contributed by atoms with van der Waals surface area (Å²) in [6.45, 7) is 6.10. The van der Waals surface area contributed by atoms with E-state index in [1.165, 1.54) is 16.6 Å². The Hall–Kier alpha value is -2.13. The number of likely N-dealkylation sites (tertiary alicyclic amines) is 1. The van der Waals surface area contributed by atoms with Gasteiger partial charge >= 0.3 is 0 Å². The standard InChI is InChI=1S/C25H36N4O4/c1-26-17-25(6-8-29(9-7-25)22(31)15-28-10-12-33-13-11-28)23-19-5-4-18(32-3)14-20(19)27(2)24(23)21(26)16-30/h4-5,14,21,30H,6-13,15-17H2,1-3H3/t21-/m1/s1. The minimum atomic E-state index is -0.0324. The number of amides is 1. The summed E-state index contributed by atoms with van der Waals surface area (Å²) in [6.07, 6.45) is 1.87. The first kappa shape index (κ1) is 22.7. The smallest absolute Gasteiger partial charge is 0.236 e. The Morgan fingerprint density at radius 1 is 1.18 bits per heavy atom. The summed E-state index contributed by atoms with van der Waals surface area (Å²) in [6, 6.07) is 6.26. The fraction of sp³-hybridized carbons (Fsp3) is 0.640. The number of carbonyl (C=O) groups excluding carboxylic acids is 1. The molecule has 4 heterocycles. The second kappa shape index (κ2) is 8.91. The van der Waals surface area contributed by atoms with Crippen molar-refractivity contribution >= 4 is 16.8 Å². The molecule has 8 heteroatoms. The normalized spacial score (nSPS) is 23.8. The number of fused-ring (bicyclic) bond motifs is 4. The Kier molecular flexibility index (Phi) is 6.11. The minimum absolute atomic E-state index is 0.0282. The molecule has 8 nitrogen and oxygen atoms in total. The van der Waals surface area contributed by atoms with Crippen LogP contribution in [0.1, 0.15) is 30.1 Å². The fourth-order valence-electron chi connectivity index (χ4n) is 6.25. The molecule has 0 unspecified atom stereocenters. The zero-order chi connectivity index (χ0) is 23.2. The highest BCUT2D eigenvalue weighted by Crippen LogP contribution is 2.49. The van der Waals surface area contributed by atoms with Gasteiger partial charge in [-0.25, -0.2) is 0 Å². The lowest BCUT2D eigenvalue weighted by molar-refractivity contribution is -0.135. The number of rotatable bonds is 4. The summed E-state index contributed by atoms with van der Waals surface area (Å²) in [5, 5.41) is 11.5. The van der Waals surface area contributed by atoms with E-state index in [9.17, 15) is 9.90 Å². The number of benzene rings is 1. The molecule has 2 aromatic rings. The number of carbonyl (C=O) groups is 1. The predicted octanol–water partition coefficient (Wildman–Crippen LogP) is 1.36. The number of likely N-dealkylation sites (N-methyl/N-ethyl adjacent to an activating group) is 1. The fourth-order valence-corrected chi connectivity index (χ4v) is 6.25.